The van der Waals surface area contributed by atoms with E-state index in [4.69, 9.17) is 14.1 Å². The molecule has 0 amide bonds. The van der Waals surface area contributed by atoms with E-state index in [0.29, 0.717) is 0 Å². The van der Waals surface area contributed by atoms with Gasteiger partial charge in [-0.25, -0.2) is 0 Å². The first kappa shape index (κ1) is 15.6. The molecule has 0 heterocycles. The minimum Gasteiger partial charge on any atom is -0.511 e. The largest absolute Gasteiger partial charge is 0.761 e. The third kappa shape index (κ3) is 46.6. The molecule has 0 aliphatic heterocycles. The number of rotatable bonds is 0. The molecule has 6 heavy (non-hydrogen) atoms. The van der Waals surface area contributed by atoms with E-state index < -0.39 is 9.17 Å². The van der Waals surface area contributed by atoms with E-state index in [0.717, 1.165) is 0 Å². The summed E-state index contributed by atoms with van der Waals surface area (Å²) in [6.07, 6.45) is 0. The topological polar surface area (TPSA) is 57.5 Å². The Morgan fingerprint density at radius 1 is 1.33 bits per heavy atom. The minimum absolute atomic E-state index is 0. The van der Waals surface area contributed by atoms with Crippen LogP contribution in [0.3, 0.4) is 0 Å². The molecule has 0 aliphatic carbocycles. The first-order valence-electron chi connectivity index (χ1n) is 0.651. The summed E-state index contributed by atoms with van der Waals surface area (Å²) in [6.45, 7) is 0. The molecule has 2 N–H and O–H groups in total. The van der Waals surface area contributed by atoms with Crippen molar-refractivity contribution in [1.82, 2.24) is 0 Å². The maximum absolute atomic E-state index is 8.74. The minimum atomic E-state index is -3.13. The zero-order valence-electron chi connectivity index (χ0n) is 2.96. The van der Waals surface area contributed by atoms with Crippen LogP contribution in [-0.2, 0) is 63.0 Å². The van der Waals surface area contributed by atoms with E-state index in [1.807, 2.05) is 0 Å². The van der Waals surface area contributed by atoms with E-state index >= 15 is 0 Å². The van der Waals surface area contributed by atoms with Crippen LogP contribution in [0.15, 0.2) is 0 Å². The van der Waals surface area contributed by atoms with Crippen LogP contribution in [0.2, 0.25) is 0 Å². The van der Waals surface area contributed by atoms with Crippen molar-refractivity contribution in [2.45, 2.75) is 0 Å². The van der Waals surface area contributed by atoms with Crippen molar-refractivity contribution in [3.63, 3.8) is 0 Å². The Hall–Kier alpha value is 1.59. The summed E-state index contributed by atoms with van der Waals surface area (Å²) in [5.41, 5.74) is 0. The molecule has 0 rings (SSSR count). The average molecular weight is 212 g/mol. The Kier molecular flexibility index (Phi) is 25.5. The fourth-order valence-electron chi connectivity index (χ4n) is 0. The van der Waals surface area contributed by atoms with E-state index in [-0.39, 0.29) is 58.6 Å². The van der Waals surface area contributed by atoms with Crippen LogP contribution in [0.1, 0.15) is 0 Å². The molecule has 0 atom stereocenters. The second-order valence-corrected chi connectivity index (χ2v) is 0.848. The molecular formula is H2O3ScSiY. The molecule has 0 aliphatic rings. The number of hydrogen-bond donors (Lipinski definition) is 2. The summed E-state index contributed by atoms with van der Waals surface area (Å²) >= 11 is 0. The van der Waals surface area contributed by atoms with Gasteiger partial charge >= 0.3 is 9.17 Å². The summed E-state index contributed by atoms with van der Waals surface area (Å²) in [6, 6.07) is 0. The van der Waals surface area contributed by atoms with Crippen molar-refractivity contribution in [1.29, 1.82) is 0 Å². The van der Waals surface area contributed by atoms with Crippen molar-refractivity contribution < 1.29 is 72.6 Å². The Morgan fingerprint density at radius 2 is 1.33 bits per heavy atom. The van der Waals surface area contributed by atoms with Crippen molar-refractivity contribution in [3.8, 4) is 0 Å². The second kappa shape index (κ2) is 9.77. The van der Waals surface area contributed by atoms with Gasteiger partial charge in [-0.1, -0.05) is 0 Å². The smallest absolute Gasteiger partial charge is 0.511 e. The Bertz CT molecular complexity index is 33.8. The van der Waals surface area contributed by atoms with Crippen molar-refractivity contribution >= 4 is 9.17 Å². The van der Waals surface area contributed by atoms with Crippen LogP contribution in [0.25, 0.3) is 0 Å². The predicted octanol–water partition coefficient (Wildman–Crippen LogP) is -1.62. The molecule has 0 saturated heterocycles. The quantitative estimate of drug-likeness (QED) is 0.474. The van der Waals surface area contributed by atoms with Gasteiger partial charge in [0.15, 0.2) is 0 Å². The molecule has 0 bridgehead atoms. The van der Waals surface area contributed by atoms with Gasteiger partial charge in [0.25, 0.3) is 0 Å². The summed E-state index contributed by atoms with van der Waals surface area (Å²) < 4.78 is 8.74. The molecule has 0 spiro atoms. The average Bonchev–Trinajstić information content (AvgIpc) is 0.811. The summed E-state index contributed by atoms with van der Waals surface area (Å²) in [7, 11) is -3.13. The zero-order chi connectivity index (χ0) is 3.58. The van der Waals surface area contributed by atoms with Crippen LogP contribution in [0.4, 0.5) is 0 Å². The van der Waals surface area contributed by atoms with Crippen LogP contribution >= 0.6 is 0 Å². The summed E-state index contributed by atoms with van der Waals surface area (Å²) in [5.74, 6) is 0. The SMILES string of the molecule is O=[Si](O)O.[Sc].[Y]. The van der Waals surface area contributed by atoms with E-state index in [1.54, 1.807) is 0 Å². The Balaban J connectivity index is -0.0000000450. The van der Waals surface area contributed by atoms with E-state index in [2.05, 4.69) is 0 Å². The van der Waals surface area contributed by atoms with Crippen LogP contribution in [0, 0.1) is 0 Å². The first-order valence-corrected chi connectivity index (χ1v) is 1.95. The molecule has 0 saturated carbocycles. The van der Waals surface area contributed by atoms with Crippen molar-refractivity contribution in [2.75, 3.05) is 0 Å². The van der Waals surface area contributed by atoms with Gasteiger partial charge in [-0.15, -0.1) is 0 Å². The molecule has 6 heteroatoms. The Morgan fingerprint density at radius 3 is 1.33 bits per heavy atom. The molecule has 0 aromatic heterocycles. The summed E-state index contributed by atoms with van der Waals surface area (Å²) in [5, 5.41) is 0. The van der Waals surface area contributed by atoms with Gasteiger partial charge in [0.2, 0.25) is 0 Å². The monoisotopic (exact) mass is 212 g/mol. The molecule has 2 radical (unpaired) electrons. The number of hydrogen-bond acceptors (Lipinski definition) is 1. The normalized spacial score (nSPS) is 4.00. The van der Waals surface area contributed by atoms with Gasteiger partial charge in [0.1, 0.15) is 0 Å². The van der Waals surface area contributed by atoms with Gasteiger partial charge in [-0.2, -0.15) is 0 Å². The van der Waals surface area contributed by atoms with E-state index in [9.17, 15) is 0 Å². The maximum atomic E-state index is 8.74. The molecular weight excluding hydrogens is 210 g/mol. The van der Waals surface area contributed by atoms with Crippen LogP contribution < -0.4 is 0 Å². The molecule has 30 valence electrons. The standard InChI is InChI=1S/H2O3Si.Sc.Y/c1-4(2)3;;/h1-2H;;. The van der Waals surface area contributed by atoms with E-state index in [1.165, 1.54) is 0 Å². The Labute approximate surface area is 80.7 Å². The van der Waals surface area contributed by atoms with Gasteiger partial charge in [0, 0.05) is 58.6 Å². The molecule has 0 aromatic carbocycles. The van der Waals surface area contributed by atoms with Crippen molar-refractivity contribution in [2.24, 2.45) is 0 Å². The zero-order valence-corrected chi connectivity index (χ0v) is 8.60. The second-order valence-electron chi connectivity index (χ2n) is 0.283. The third-order valence-electron chi connectivity index (χ3n) is 0. The van der Waals surface area contributed by atoms with Crippen molar-refractivity contribution in [3.05, 3.63) is 0 Å². The predicted molar refractivity (Wildman–Crippen MR) is 10.9 cm³/mol. The fourth-order valence-corrected chi connectivity index (χ4v) is 0. The third-order valence-corrected chi connectivity index (χ3v) is 0. The van der Waals surface area contributed by atoms with Gasteiger partial charge < -0.3 is 9.59 Å². The maximum Gasteiger partial charge on any atom is 0.761 e. The van der Waals surface area contributed by atoms with Gasteiger partial charge in [-0.3, -0.25) is 4.46 Å². The van der Waals surface area contributed by atoms with Crippen LogP contribution in [0.5, 0.6) is 0 Å². The molecule has 0 aromatic rings. The van der Waals surface area contributed by atoms with Gasteiger partial charge in [0.05, 0.1) is 0 Å². The summed E-state index contributed by atoms with van der Waals surface area (Å²) in [4.78, 5) is 14.3. The molecule has 0 fully saturated rings. The van der Waals surface area contributed by atoms with Gasteiger partial charge in [-0.05, 0) is 0 Å². The first-order chi connectivity index (χ1) is 1.73. The fraction of sp³-hybridized carbons (Fsp3) is 0. The molecule has 0 unspecified atom stereocenters. The molecule has 3 nitrogen and oxygen atoms in total. The van der Waals surface area contributed by atoms with Crippen LogP contribution in [-0.4, -0.2) is 18.8 Å².